The van der Waals surface area contributed by atoms with Crippen LogP contribution in [0.4, 0.5) is 51.2 Å². The van der Waals surface area contributed by atoms with Crippen LogP contribution < -0.4 is 31.1 Å². The van der Waals surface area contributed by atoms with Crippen molar-refractivity contribution in [3.63, 3.8) is 0 Å². The predicted octanol–water partition coefficient (Wildman–Crippen LogP) is 12.3. The molecule has 3 heterocycles. The Labute approximate surface area is 344 Å². The first-order valence-corrected chi connectivity index (χ1v) is 20.3. The van der Waals surface area contributed by atoms with E-state index in [-0.39, 0.29) is 6.71 Å². The molecule has 0 saturated carbocycles. The molecular formula is C54H37BN4. The molecule has 0 saturated heterocycles. The molecule has 2 aliphatic heterocycles. The van der Waals surface area contributed by atoms with Crippen molar-refractivity contribution in [2.75, 3.05) is 14.7 Å². The summed E-state index contributed by atoms with van der Waals surface area (Å²) in [7, 11) is 0. The molecule has 0 radical (unpaired) electrons. The van der Waals surface area contributed by atoms with Gasteiger partial charge in [0.15, 0.2) is 0 Å². The van der Waals surface area contributed by atoms with Gasteiger partial charge in [-0.15, -0.1) is 0 Å². The van der Waals surface area contributed by atoms with Crippen LogP contribution in [0, 0.1) is 0 Å². The molecule has 59 heavy (non-hydrogen) atoms. The number of fused-ring (bicyclic) bond motifs is 7. The highest BCUT2D eigenvalue weighted by Gasteiger charge is 2.43. The third-order valence-electron chi connectivity index (χ3n) is 12.1. The Bertz CT molecular complexity index is 3130. The molecule has 0 atom stereocenters. The van der Waals surface area contributed by atoms with Gasteiger partial charge in [-0.2, -0.15) is 0 Å². The van der Waals surface area contributed by atoms with Crippen molar-refractivity contribution in [2.24, 2.45) is 0 Å². The molecule has 9 aromatic carbocycles. The van der Waals surface area contributed by atoms with Crippen molar-refractivity contribution in [3.8, 4) is 5.69 Å². The standard InChI is InChI=1S/C54H37BN4/c1-6-20-38(21-7-1)56(39-22-8-2-9-23-39)47-32-18-33-48-53(47)43-36-45-52(37-51(43)58(48)41-26-12-4-13-27-41)59(42-28-14-5-15-29-42)50-35-19-34-49-54(50)55(45)44-30-16-17-31-46(44)57(49)40-24-10-3-11-25-40/h1-37H. The second-order valence-corrected chi connectivity index (χ2v) is 15.3. The Balaban J connectivity index is 1.22. The van der Waals surface area contributed by atoms with Crippen molar-refractivity contribution in [2.45, 2.75) is 0 Å². The maximum Gasteiger partial charge on any atom is 0.252 e. The van der Waals surface area contributed by atoms with Gasteiger partial charge in [0.25, 0.3) is 6.71 Å². The molecule has 276 valence electrons. The Morgan fingerprint density at radius 1 is 0.356 bits per heavy atom. The highest BCUT2D eigenvalue weighted by atomic mass is 15.2. The molecule has 0 fully saturated rings. The van der Waals surface area contributed by atoms with Crippen molar-refractivity contribution in [1.82, 2.24) is 4.57 Å². The maximum atomic E-state index is 2.53. The van der Waals surface area contributed by atoms with Crippen LogP contribution >= 0.6 is 0 Å². The van der Waals surface area contributed by atoms with Crippen molar-refractivity contribution < 1.29 is 0 Å². The maximum absolute atomic E-state index is 2.53. The van der Waals surface area contributed by atoms with Gasteiger partial charge in [0, 0.05) is 62.0 Å². The molecule has 0 N–H and O–H groups in total. The Kier molecular flexibility index (Phi) is 7.60. The molecule has 4 nitrogen and oxygen atoms in total. The molecule has 0 aliphatic carbocycles. The number of para-hydroxylation sites is 6. The number of benzene rings is 9. The molecule has 0 amide bonds. The highest BCUT2D eigenvalue weighted by Crippen LogP contribution is 2.48. The lowest BCUT2D eigenvalue weighted by Crippen LogP contribution is -2.61. The van der Waals surface area contributed by atoms with E-state index in [1.54, 1.807) is 0 Å². The second kappa shape index (κ2) is 13.4. The summed E-state index contributed by atoms with van der Waals surface area (Å²) < 4.78 is 2.46. The third-order valence-corrected chi connectivity index (χ3v) is 12.1. The van der Waals surface area contributed by atoms with Gasteiger partial charge in [0.1, 0.15) is 0 Å². The van der Waals surface area contributed by atoms with E-state index in [2.05, 4.69) is 244 Å². The fraction of sp³-hybridized carbons (Fsp3) is 0. The zero-order valence-corrected chi connectivity index (χ0v) is 32.2. The van der Waals surface area contributed by atoms with Gasteiger partial charge in [-0.25, -0.2) is 0 Å². The van der Waals surface area contributed by atoms with Crippen LogP contribution in [0.1, 0.15) is 0 Å². The molecule has 0 unspecified atom stereocenters. The first kappa shape index (κ1) is 33.4. The zero-order valence-electron chi connectivity index (χ0n) is 32.2. The summed E-state index contributed by atoms with van der Waals surface area (Å²) in [5, 5.41) is 2.43. The number of hydrogen-bond acceptors (Lipinski definition) is 3. The van der Waals surface area contributed by atoms with E-state index >= 15 is 0 Å². The lowest BCUT2D eigenvalue weighted by molar-refractivity contribution is 1.18. The molecule has 2 aliphatic rings. The van der Waals surface area contributed by atoms with Gasteiger partial charge in [-0.1, -0.05) is 127 Å². The van der Waals surface area contributed by atoms with Crippen LogP contribution in [0.3, 0.4) is 0 Å². The first-order valence-electron chi connectivity index (χ1n) is 20.3. The Morgan fingerprint density at radius 3 is 1.46 bits per heavy atom. The minimum atomic E-state index is -0.00152. The molecule has 12 rings (SSSR count). The van der Waals surface area contributed by atoms with Crippen molar-refractivity contribution in [3.05, 3.63) is 224 Å². The van der Waals surface area contributed by atoms with Crippen LogP contribution in [-0.4, -0.2) is 11.3 Å². The molecule has 1 aromatic heterocycles. The minimum Gasteiger partial charge on any atom is -0.311 e. The Hall–Kier alpha value is -7.76. The summed E-state index contributed by atoms with van der Waals surface area (Å²) in [6, 6.07) is 81.6. The first-order chi connectivity index (χ1) is 29.3. The summed E-state index contributed by atoms with van der Waals surface area (Å²) in [5.74, 6) is 0. The van der Waals surface area contributed by atoms with Gasteiger partial charge in [-0.05, 0) is 113 Å². The fourth-order valence-corrected chi connectivity index (χ4v) is 9.76. The minimum absolute atomic E-state index is 0.00152. The number of anilines is 9. The van der Waals surface area contributed by atoms with Gasteiger partial charge in [0.05, 0.1) is 16.7 Å². The third kappa shape index (κ3) is 5.11. The molecule has 0 bridgehead atoms. The fourth-order valence-electron chi connectivity index (χ4n) is 9.76. The van der Waals surface area contributed by atoms with Gasteiger partial charge in [-0.3, -0.25) is 0 Å². The number of hydrogen-bond donors (Lipinski definition) is 0. The second-order valence-electron chi connectivity index (χ2n) is 15.3. The van der Waals surface area contributed by atoms with E-state index in [4.69, 9.17) is 0 Å². The predicted molar refractivity (Wildman–Crippen MR) is 249 cm³/mol. The lowest BCUT2D eigenvalue weighted by atomic mass is 9.33. The van der Waals surface area contributed by atoms with Crippen molar-refractivity contribution >= 4 is 96.1 Å². The summed E-state index contributed by atoms with van der Waals surface area (Å²) in [6.45, 7) is -0.00152. The van der Waals surface area contributed by atoms with Crippen LogP contribution in [0.15, 0.2) is 224 Å². The van der Waals surface area contributed by atoms with E-state index in [1.807, 2.05) is 0 Å². The van der Waals surface area contributed by atoms with E-state index in [1.165, 1.54) is 49.9 Å². The summed E-state index contributed by atoms with van der Waals surface area (Å²) in [6.07, 6.45) is 0. The van der Waals surface area contributed by atoms with E-state index in [9.17, 15) is 0 Å². The molecule has 0 spiro atoms. The zero-order chi connectivity index (χ0) is 38.9. The highest BCUT2D eigenvalue weighted by molar-refractivity contribution is 7.00. The largest absolute Gasteiger partial charge is 0.311 e. The normalized spacial score (nSPS) is 12.6. The van der Waals surface area contributed by atoms with Crippen molar-refractivity contribution in [1.29, 1.82) is 0 Å². The van der Waals surface area contributed by atoms with Gasteiger partial charge < -0.3 is 19.3 Å². The molecule has 5 heteroatoms. The van der Waals surface area contributed by atoms with Crippen LogP contribution in [0.2, 0.25) is 0 Å². The monoisotopic (exact) mass is 752 g/mol. The number of rotatable bonds is 6. The quantitative estimate of drug-likeness (QED) is 0.157. The topological polar surface area (TPSA) is 14.7 Å². The smallest absolute Gasteiger partial charge is 0.252 e. The SMILES string of the molecule is c1ccc(N2c3ccccc3B3c4cc5c6c(N(c7ccccc7)c7ccccc7)cccc6n(-c6ccccc6)c5cc4N(c4ccccc4)c4cccc2c43)cc1. The van der Waals surface area contributed by atoms with Gasteiger partial charge >= 0.3 is 0 Å². The lowest BCUT2D eigenvalue weighted by Gasteiger charge is -2.44. The summed E-state index contributed by atoms with van der Waals surface area (Å²) in [5.41, 5.74) is 17.8. The van der Waals surface area contributed by atoms with E-state index in [0.717, 1.165) is 45.2 Å². The molecule has 10 aromatic rings. The van der Waals surface area contributed by atoms with Crippen LogP contribution in [-0.2, 0) is 0 Å². The van der Waals surface area contributed by atoms with Crippen LogP contribution in [0.5, 0.6) is 0 Å². The van der Waals surface area contributed by atoms with Crippen LogP contribution in [0.25, 0.3) is 27.5 Å². The summed E-state index contributed by atoms with van der Waals surface area (Å²) in [4.78, 5) is 7.36. The van der Waals surface area contributed by atoms with Gasteiger partial charge in [0.2, 0.25) is 0 Å². The van der Waals surface area contributed by atoms with E-state index in [0.29, 0.717) is 0 Å². The number of nitrogens with zero attached hydrogens (tertiary/aromatic N) is 4. The van der Waals surface area contributed by atoms with E-state index < -0.39 is 0 Å². The Morgan fingerprint density at radius 2 is 0.847 bits per heavy atom. The summed E-state index contributed by atoms with van der Waals surface area (Å²) >= 11 is 0. The average molecular weight is 753 g/mol. The number of aromatic nitrogens is 1. The molecular weight excluding hydrogens is 715 g/mol. The average Bonchev–Trinajstić information content (AvgIpc) is 3.64.